The lowest BCUT2D eigenvalue weighted by molar-refractivity contribution is -0.207. The van der Waals surface area contributed by atoms with Crippen LogP contribution in [0.1, 0.15) is 12.5 Å². The molecule has 1 aliphatic heterocycles. The number of aliphatic imine (C=N–C) groups is 1. The molecule has 130 valence electrons. The van der Waals surface area contributed by atoms with Gasteiger partial charge in [0.15, 0.2) is 11.5 Å². The third kappa shape index (κ3) is 3.34. The second kappa shape index (κ2) is 6.14. The molecule has 6 nitrogen and oxygen atoms in total. The summed E-state index contributed by atoms with van der Waals surface area (Å²) in [4.78, 5) is 28.6. The Kier molecular flexibility index (Phi) is 4.54. The summed E-state index contributed by atoms with van der Waals surface area (Å²) in [5.41, 5.74) is 4.45. The lowest BCUT2D eigenvalue weighted by atomic mass is 9.89. The number of amides is 1. The Morgan fingerprint density at radius 2 is 1.96 bits per heavy atom. The van der Waals surface area contributed by atoms with E-state index < -0.39 is 29.7 Å². The van der Waals surface area contributed by atoms with Gasteiger partial charge in [-0.15, -0.1) is 0 Å². The smallest absolute Gasteiger partial charge is 0.452 e. The number of guanidine groups is 1. The highest BCUT2D eigenvalue weighted by Gasteiger charge is 2.53. The molecule has 0 saturated carbocycles. The molecular weight excluding hydrogens is 327 g/mol. The standard InChI is InChI=1S/C15H16F3N3O3/c1-14(11(22)21(2)13(19)20-14)10(24-12(23)15(16,17)18)8-9-6-4-3-5-7-9/h3-7,10H,8H2,1-2H3,(H2,19,20). The molecule has 1 heterocycles. The predicted molar refractivity (Wildman–Crippen MR) is 78.9 cm³/mol. The van der Waals surface area contributed by atoms with E-state index in [2.05, 4.69) is 9.73 Å². The van der Waals surface area contributed by atoms with Gasteiger partial charge in [-0.3, -0.25) is 9.69 Å². The molecule has 0 radical (unpaired) electrons. The highest BCUT2D eigenvalue weighted by atomic mass is 19.4. The van der Waals surface area contributed by atoms with Gasteiger partial charge in [0.2, 0.25) is 0 Å². The number of hydrogen-bond donors (Lipinski definition) is 1. The van der Waals surface area contributed by atoms with Gasteiger partial charge < -0.3 is 10.5 Å². The minimum Gasteiger partial charge on any atom is -0.452 e. The van der Waals surface area contributed by atoms with Crippen molar-refractivity contribution < 1.29 is 27.5 Å². The highest BCUT2D eigenvalue weighted by molar-refractivity contribution is 6.06. The van der Waals surface area contributed by atoms with Crippen LogP contribution in [0.2, 0.25) is 0 Å². The number of carbonyl (C=O) groups is 2. The van der Waals surface area contributed by atoms with Crippen molar-refractivity contribution in [2.45, 2.75) is 31.2 Å². The van der Waals surface area contributed by atoms with Gasteiger partial charge in [0.25, 0.3) is 5.91 Å². The third-order valence-electron chi connectivity index (χ3n) is 3.80. The van der Waals surface area contributed by atoms with E-state index in [9.17, 15) is 22.8 Å². The molecule has 0 saturated heterocycles. The van der Waals surface area contributed by atoms with Crippen LogP contribution in [0.3, 0.4) is 0 Å². The Morgan fingerprint density at radius 1 is 1.38 bits per heavy atom. The number of hydrogen-bond acceptors (Lipinski definition) is 5. The van der Waals surface area contributed by atoms with Gasteiger partial charge in [0, 0.05) is 13.5 Å². The molecule has 0 bridgehead atoms. The number of nitrogens with two attached hydrogens (primary N) is 1. The first-order chi connectivity index (χ1) is 11.1. The summed E-state index contributed by atoms with van der Waals surface area (Å²) in [5, 5.41) is 0. The summed E-state index contributed by atoms with van der Waals surface area (Å²) >= 11 is 0. The molecule has 0 spiro atoms. The van der Waals surface area contributed by atoms with Crippen molar-refractivity contribution in [3.63, 3.8) is 0 Å². The van der Waals surface area contributed by atoms with Gasteiger partial charge >= 0.3 is 12.1 Å². The molecule has 0 fully saturated rings. The van der Waals surface area contributed by atoms with Crippen LogP contribution in [0.15, 0.2) is 35.3 Å². The SMILES string of the molecule is CN1C(=O)C(C)(C(Cc2ccccc2)OC(=O)C(F)(F)F)N=C1N. The van der Waals surface area contributed by atoms with Gasteiger partial charge in [-0.25, -0.2) is 9.79 Å². The van der Waals surface area contributed by atoms with E-state index in [1.165, 1.54) is 14.0 Å². The van der Waals surface area contributed by atoms with E-state index in [-0.39, 0.29) is 12.4 Å². The summed E-state index contributed by atoms with van der Waals surface area (Å²) < 4.78 is 42.3. The van der Waals surface area contributed by atoms with Gasteiger partial charge in [0.1, 0.15) is 6.10 Å². The van der Waals surface area contributed by atoms with Crippen molar-refractivity contribution in [3.8, 4) is 0 Å². The average Bonchev–Trinajstić information content (AvgIpc) is 2.71. The lowest BCUT2D eigenvalue weighted by Gasteiger charge is -2.30. The normalized spacial score (nSPS) is 22.3. The molecule has 2 atom stereocenters. The highest BCUT2D eigenvalue weighted by Crippen LogP contribution is 2.30. The molecule has 0 aliphatic carbocycles. The number of rotatable bonds is 4. The monoisotopic (exact) mass is 343 g/mol. The fraction of sp³-hybridized carbons (Fsp3) is 0.400. The predicted octanol–water partition coefficient (Wildman–Crippen LogP) is 1.25. The number of benzene rings is 1. The molecule has 1 aromatic carbocycles. The number of halogens is 3. The minimum atomic E-state index is -5.17. The number of nitrogens with zero attached hydrogens (tertiary/aromatic N) is 2. The molecule has 2 unspecified atom stereocenters. The first-order valence-corrected chi connectivity index (χ1v) is 7.01. The fourth-order valence-corrected chi connectivity index (χ4v) is 2.39. The zero-order chi connectivity index (χ0) is 18.1. The third-order valence-corrected chi connectivity index (χ3v) is 3.80. The van der Waals surface area contributed by atoms with Crippen LogP contribution in [0.25, 0.3) is 0 Å². The van der Waals surface area contributed by atoms with Crippen LogP contribution in [-0.4, -0.2) is 47.6 Å². The molecule has 1 aliphatic rings. The number of ether oxygens (including phenoxy) is 1. The van der Waals surface area contributed by atoms with E-state index in [0.717, 1.165) is 4.90 Å². The van der Waals surface area contributed by atoms with E-state index >= 15 is 0 Å². The van der Waals surface area contributed by atoms with Crippen molar-refractivity contribution in [1.29, 1.82) is 0 Å². The average molecular weight is 343 g/mol. The van der Waals surface area contributed by atoms with Crippen LogP contribution in [-0.2, 0) is 20.7 Å². The summed E-state index contributed by atoms with van der Waals surface area (Å²) in [6.45, 7) is 1.29. The van der Waals surface area contributed by atoms with Crippen LogP contribution >= 0.6 is 0 Å². The van der Waals surface area contributed by atoms with Gasteiger partial charge in [0.05, 0.1) is 0 Å². The van der Waals surface area contributed by atoms with Gasteiger partial charge in [-0.1, -0.05) is 30.3 Å². The van der Waals surface area contributed by atoms with Crippen molar-refractivity contribution in [3.05, 3.63) is 35.9 Å². The molecular formula is C15H16F3N3O3. The van der Waals surface area contributed by atoms with E-state index in [4.69, 9.17) is 5.73 Å². The zero-order valence-electron chi connectivity index (χ0n) is 13.0. The largest absolute Gasteiger partial charge is 0.490 e. The summed E-state index contributed by atoms with van der Waals surface area (Å²) in [5.74, 6) is -3.17. The second-order valence-corrected chi connectivity index (χ2v) is 5.56. The molecule has 1 amide bonds. The quantitative estimate of drug-likeness (QED) is 0.834. The first-order valence-electron chi connectivity index (χ1n) is 7.01. The molecule has 0 aromatic heterocycles. The number of carbonyl (C=O) groups excluding carboxylic acids is 2. The minimum absolute atomic E-state index is 0.116. The van der Waals surface area contributed by atoms with Crippen molar-refractivity contribution in [1.82, 2.24) is 4.90 Å². The van der Waals surface area contributed by atoms with Crippen LogP contribution in [0.4, 0.5) is 13.2 Å². The van der Waals surface area contributed by atoms with Gasteiger partial charge in [-0.05, 0) is 12.5 Å². The van der Waals surface area contributed by atoms with Crippen LogP contribution in [0, 0.1) is 0 Å². The van der Waals surface area contributed by atoms with E-state index in [1.807, 2.05) is 0 Å². The Hall–Kier alpha value is -2.58. The Bertz CT molecular complexity index is 676. The summed E-state index contributed by atoms with van der Waals surface area (Å²) in [6.07, 6.45) is -6.74. The topological polar surface area (TPSA) is 85.0 Å². The van der Waals surface area contributed by atoms with Crippen molar-refractivity contribution in [2.24, 2.45) is 10.7 Å². The fourth-order valence-electron chi connectivity index (χ4n) is 2.39. The van der Waals surface area contributed by atoms with Crippen LogP contribution < -0.4 is 5.73 Å². The van der Waals surface area contributed by atoms with Gasteiger partial charge in [-0.2, -0.15) is 13.2 Å². The Labute approximate surface area is 136 Å². The molecule has 1 aromatic rings. The maximum Gasteiger partial charge on any atom is 0.490 e. The maximum atomic E-state index is 12.6. The Balaban J connectivity index is 2.36. The molecule has 9 heteroatoms. The number of esters is 1. The summed E-state index contributed by atoms with van der Waals surface area (Å²) in [7, 11) is 1.34. The number of alkyl halides is 3. The molecule has 24 heavy (non-hydrogen) atoms. The summed E-state index contributed by atoms with van der Waals surface area (Å²) in [6, 6.07) is 8.38. The molecule has 2 rings (SSSR count). The zero-order valence-corrected chi connectivity index (χ0v) is 13.0. The first kappa shape index (κ1) is 17.8. The van der Waals surface area contributed by atoms with Crippen molar-refractivity contribution in [2.75, 3.05) is 7.05 Å². The van der Waals surface area contributed by atoms with Crippen LogP contribution in [0.5, 0.6) is 0 Å². The van der Waals surface area contributed by atoms with Crippen molar-refractivity contribution >= 4 is 17.8 Å². The van der Waals surface area contributed by atoms with E-state index in [1.54, 1.807) is 30.3 Å². The molecule has 2 N–H and O–H groups in total. The second-order valence-electron chi connectivity index (χ2n) is 5.56. The van der Waals surface area contributed by atoms with E-state index in [0.29, 0.717) is 5.56 Å². The maximum absolute atomic E-state index is 12.6. The number of likely N-dealkylation sites (N-methyl/N-ethyl adjacent to an activating group) is 1. The Morgan fingerprint density at radius 3 is 2.42 bits per heavy atom. The lowest BCUT2D eigenvalue weighted by Crippen LogP contribution is -2.51.